The summed E-state index contributed by atoms with van der Waals surface area (Å²) >= 11 is 0. The van der Waals surface area contributed by atoms with E-state index in [1.54, 1.807) is 0 Å². The molecule has 0 spiro atoms. The maximum atomic E-state index is 12.1. The van der Waals surface area contributed by atoms with E-state index in [4.69, 9.17) is 0 Å². The molecular formula is C14H17F3O. The molecular weight excluding hydrogens is 241 g/mol. The van der Waals surface area contributed by atoms with Crippen molar-refractivity contribution in [1.82, 2.24) is 0 Å². The summed E-state index contributed by atoms with van der Waals surface area (Å²) in [5.41, 5.74) is 2.43. The minimum atomic E-state index is -4.17. The second-order valence-electron chi connectivity index (χ2n) is 4.99. The summed E-state index contributed by atoms with van der Waals surface area (Å²) in [5, 5.41) is 9.86. The van der Waals surface area contributed by atoms with Crippen LogP contribution in [0.2, 0.25) is 0 Å². The summed E-state index contributed by atoms with van der Waals surface area (Å²) in [6.45, 7) is 0. The molecule has 1 aromatic rings. The average Bonchev–Trinajstić information content (AvgIpc) is 2.34. The van der Waals surface area contributed by atoms with Crippen molar-refractivity contribution in [2.45, 2.75) is 44.4 Å². The van der Waals surface area contributed by atoms with Crippen molar-refractivity contribution in [3.63, 3.8) is 0 Å². The van der Waals surface area contributed by atoms with Crippen LogP contribution in [0.4, 0.5) is 13.2 Å². The predicted molar refractivity (Wildman–Crippen MR) is 63.3 cm³/mol. The summed E-state index contributed by atoms with van der Waals surface area (Å²) in [6.07, 6.45) is -3.79. The zero-order valence-electron chi connectivity index (χ0n) is 10.1. The van der Waals surface area contributed by atoms with Crippen LogP contribution in [0, 0.1) is 5.92 Å². The van der Waals surface area contributed by atoms with Crippen molar-refractivity contribution in [3.8, 4) is 0 Å². The Morgan fingerprint density at radius 2 is 1.89 bits per heavy atom. The average molecular weight is 258 g/mol. The van der Waals surface area contributed by atoms with Crippen LogP contribution in [-0.2, 0) is 12.8 Å². The fourth-order valence-electron chi connectivity index (χ4n) is 2.60. The highest BCUT2D eigenvalue weighted by atomic mass is 19.4. The first-order chi connectivity index (χ1) is 8.46. The van der Waals surface area contributed by atoms with Gasteiger partial charge in [-0.05, 0) is 42.7 Å². The molecule has 0 bridgehead atoms. The topological polar surface area (TPSA) is 20.2 Å². The quantitative estimate of drug-likeness (QED) is 0.879. The first-order valence-electron chi connectivity index (χ1n) is 6.27. The molecule has 1 N–H and O–H groups in total. The lowest BCUT2D eigenvalue weighted by Crippen LogP contribution is -2.28. The molecule has 0 saturated carbocycles. The molecule has 2 unspecified atom stereocenters. The first-order valence-corrected chi connectivity index (χ1v) is 6.27. The zero-order valence-corrected chi connectivity index (χ0v) is 10.1. The van der Waals surface area contributed by atoms with Gasteiger partial charge in [-0.15, -0.1) is 0 Å². The number of aryl methyl sites for hydroxylation is 1. The lowest BCUT2D eigenvalue weighted by Gasteiger charge is -2.28. The highest BCUT2D eigenvalue weighted by Crippen LogP contribution is 2.31. The van der Waals surface area contributed by atoms with Crippen LogP contribution in [0.15, 0.2) is 24.3 Å². The van der Waals surface area contributed by atoms with Gasteiger partial charge in [0.05, 0.1) is 6.10 Å². The third-order valence-electron chi connectivity index (χ3n) is 3.65. The van der Waals surface area contributed by atoms with Gasteiger partial charge in [-0.1, -0.05) is 24.3 Å². The molecule has 4 heteroatoms. The fourth-order valence-corrected chi connectivity index (χ4v) is 2.60. The van der Waals surface area contributed by atoms with Gasteiger partial charge in [-0.25, -0.2) is 0 Å². The molecule has 1 aromatic carbocycles. The van der Waals surface area contributed by atoms with Crippen LogP contribution in [0.1, 0.15) is 30.4 Å². The Bertz CT molecular complexity index is 400. The van der Waals surface area contributed by atoms with E-state index in [-0.39, 0.29) is 12.3 Å². The van der Waals surface area contributed by atoms with Crippen molar-refractivity contribution >= 4 is 0 Å². The molecule has 0 aliphatic heterocycles. The van der Waals surface area contributed by atoms with Gasteiger partial charge in [0.25, 0.3) is 0 Å². The van der Waals surface area contributed by atoms with E-state index >= 15 is 0 Å². The van der Waals surface area contributed by atoms with Crippen molar-refractivity contribution in [2.75, 3.05) is 0 Å². The molecule has 0 fully saturated rings. The van der Waals surface area contributed by atoms with Crippen molar-refractivity contribution < 1.29 is 18.3 Å². The Labute approximate surface area is 105 Å². The van der Waals surface area contributed by atoms with Gasteiger partial charge in [0.2, 0.25) is 0 Å². The third kappa shape index (κ3) is 3.48. The number of fused-ring (bicyclic) bond motifs is 1. The second-order valence-corrected chi connectivity index (χ2v) is 4.99. The number of halogens is 3. The largest absolute Gasteiger partial charge is 0.393 e. The maximum absolute atomic E-state index is 12.1. The van der Waals surface area contributed by atoms with Crippen LogP contribution >= 0.6 is 0 Å². The van der Waals surface area contributed by atoms with E-state index < -0.39 is 18.7 Å². The Balaban J connectivity index is 1.92. The molecule has 0 aromatic heterocycles. The molecule has 0 saturated heterocycles. The number of rotatable bonds is 3. The van der Waals surface area contributed by atoms with Gasteiger partial charge < -0.3 is 5.11 Å². The van der Waals surface area contributed by atoms with E-state index in [0.29, 0.717) is 6.42 Å². The highest BCUT2D eigenvalue weighted by molar-refractivity contribution is 5.29. The SMILES string of the molecule is OC(CCC(F)(F)F)C1CCc2ccccc2C1. The standard InChI is InChI=1S/C14H17F3O/c15-14(16,17)8-7-13(18)12-6-5-10-3-1-2-4-11(10)9-12/h1-4,12-13,18H,5-9H2. The number of alkyl halides is 3. The highest BCUT2D eigenvalue weighted by Gasteiger charge is 2.31. The van der Waals surface area contributed by atoms with Crippen molar-refractivity contribution in [2.24, 2.45) is 5.92 Å². The summed E-state index contributed by atoms with van der Waals surface area (Å²) in [5.74, 6) is -0.0396. The van der Waals surface area contributed by atoms with Crippen LogP contribution in [-0.4, -0.2) is 17.4 Å². The number of aliphatic hydroxyl groups is 1. The van der Waals surface area contributed by atoms with Gasteiger partial charge in [-0.2, -0.15) is 13.2 Å². The van der Waals surface area contributed by atoms with E-state index in [1.807, 2.05) is 24.3 Å². The first kappa shape index (κ1) is 13.4. The Kier molecular flexibility index (Phi) is 3.95. The van der Waals surface area contributed by atoms with Crippen LogP contribution in [0.3, 0.4) is 0 Å². The monoisotopic (exact) mass is 258 g/mol. The molecule has 0 heterocycles. The molecule has 1 aliphatic carbocycles. The van der Waals surface area contributed by atoms with Crippen LogP contribution in [0.25, 0.3) is 0 Å². The van der Waals surface area contributed by atoms with Gasteiger partial charge >= 0.3 is 6.18 Å². The van der Waals surface area contributed by atoms with E-state index in [0.717, 1.165) is 12.8 Å². The Morgan fingerprint density at radius 1 is 1.22 bits per heavy atom. The van der Waals surface area contributed by atoms with Crippen LogP contribution < -0.4 is 0 Å². The fraction of sp³-hybridized carbons (Fsp3) is 0.571. The molecule has 1 nitrogen and oxygen atoms in total. The molecule has 2 atom stereocenters. The maximum Gasteiger partial charge on any atom is 0.389 e. The Hall–Kier alpha value is -1.03. The van der Waals surface area contributed by atoms with Crippen molar-refractivity contribution in [3.05, 3.63) is 35.4 Å². The second kappa shape index (κ2) is 5.31. The number of benzene rings is 1. The minimum absolute atomic E-state index is 0.0396. The summed E-state index contributed by atoms with van der Waals surface area (Å²) in [6, 6.07) is 7.95. The van der Waals surface area contributed by atoms with Gasteiger partial charge in [-0.3, -0.25) is 0 Å². The molecule has 1 aliphatic rings. The minimum Gasteiger partial charge on any atom is -0.393 e. The summed E-state index contributed by atoms with van der Waals surface area (Å²) in [7, 11) is 0. The van der Waals surface area contributed by atoms with Gasteiger partial charge in [0, 0.05) is 6.42 Å². The van der Waals surface area contributed by atoms with Crippen LogP contribution in [0.5, 0.6) is 0 Å². The molecule has 18 heavy (non-hydrogen) atoms. The molecule has 2 rings (SSSR count). The molecule has 0 radical (unpaired) electrons. The lowest BCUT2D eigenvalue weighted by molar-refractivity contribution is -0.141. The normalized spacial score (nSPS) is 21.4. The summed E-state index contributed by atoms with van der Waals surface area (Å²) in [4.78, 5) is 0. The third-order valence-corrected chi connectivity index (χ3v) is 3.65. The number of aliphatic hydroxyl groups excluding tert-OH is 1. The zero-order chi connectivity index (χ0) is 13.2. The van der Waals surface area contributed by atoms with E-state index in [2.05, 4.69) is 0 Å². The predicted octanol–water partition coefficient (Wildman–Crippen LogP) is 3.49. The summed E-state index contributed by atoms with van der Waals surface area (Å²) < 4.78 is 36.3. The van der Waals surface area contributed by atoms with Crippen molar-refractivity contribution in [1.29, 1.82) is 0 Å². The number of hydrogen-bond acceptors (Lipinski definition) is 1. The molecule has 0 amide bonds. The van der Waals surface area contributed by atoms with E-state index in [9.17, 15) is 18.3 Å². The number of hydrogen-bond donors (Lipinski definition) is 1. The van der Waals surface area contributed by atoms with Gasteiger partial charge in [0.1, 0.15) is 0 Å². The smallest absolute Gasteiger partial charge is 0.389 e. The van der Waals surface area contributed by atoms with E-state index in [1.165, 1.54) is 11.1 Å². The molecule has 100 valence electrons. The lowest BCUT2D eigenvalue weighted by atomic mass is 9.80. The van der Waals surface area contributed by atoms with Gasteiger partial charge in [0.15, 0.2) is 0 Å². The Morgan fingerprint density at radius 3 is 2.56 bits per heavy atom.